The van der Waals surface area contributed by atoms with Crippen LogP contribution in [0.25, 0.3) is 11.8 Å². The highest BCUT2D eigenvalue weighted by Gasteiger charge is 2.37. The average Bonchev–Trinajstić information content (AvgIpc) is 3.38. The number of non-ortho nitro benzene ring substituents is 1. The zero-order valence-electron chi connectivity index (χ0n) is 26.1. The van der Waals surface area contributed by atoms with Crippen LogP contribution in [0.4, 0.5) is 5.69 Å². The number of nitrogens with one attached hydrogen (secondary N) is 1. The molecule has 1 N–H and O–H groups in total. The molecule has 0 bridgehead atoms. The van der Waals surface area contributed by atoms with Crippen LogP contribution in [0.15, 0.2) is 103 Å². The zero-order chi connectivity index (χ0) is 34.8. The van der Waals surface area contributed by atoms with E-state index in [2.05, 4.69) is 9.97 Å². The number of carbonyl (C=O) groups is 1. The number of H-pyrrole nitrogens is 1. The number of hydrogen-bond donors (Lipinski definition) is 1. The number of hydrogen-bond acceptors (Lipinski definition) is 11. The first kappa shape index (κ1) is 33.6. The summed E-state index contributed by atoms with van der Waals surface area (Å²) < 4.78 is 12.8. The maximum absolute atomic E-state index is 14.5. The Labute approximate surface area is 291 Å². The highest BCUT2D eigenvalue weighted by Crippen LogP contribution is 2.40. The quantitative estimate of drug-likeness (QED) is 0.0954. The zero-order valence-corrected chi connectivity index (χ0v) is 28.5. The number of thiazole rings is 1. The van der Waals surface area contributed by atoms with Gasteiger partial charge >= 0.3 is 5.97 Å². The van der Waals surface area contributed by atoms with Crippen LogP contribution >= 0.6 is 34.7 Å². The summed E-state index contributed by atoms with van der Waals surface area (Å²) in [6, 6.07) is 18.4. The monoisotopic (exact) mass is 715 g/mol. The first-order valence-electron chi connectivity index (χ1n) is 14.7. The molecule has 1 atom stereocenters. The summed E-state index contributed by atoms with van der Waals surface area (Å²) in [6.07, 6.45) is 1.52. The molecule has 15 heteroatoms. The summed E-state index contributed by atoms with van der Waals surface area (Å²) in [5.74, 6) is -0.305. The molecule has 49 heavy (non-hydrogen) atoms. The molecule has 3 aromatic carbocycles. The molecule has 6 rings (SSSR count). The van der Waals surface area contributed by atoms with Crippen LogP contribution in [0.3, 0.4) is 0 Å². The second-order valence-electron chi connectivity index (χ2n) is 10.6. The Bertz CT molecular complexity index is 2400. The lowest BCUT2D eigenvalue weighted by Gasteiger charge is -2.27. The van der Waals surface area contributed by atoms with Crippen LogP contribution in [-0.2, 0) is 9.53 Å². The number of carbonyl (C=O) groups excluding carboxylic acids is 1. The Kier molecular flexibility index (Phi) is 9.62. The molecule has 0 fully saturated rings. The lowest BCUT2D eigenvalue weighted by atomic mass is 9.92. The lowest BCUT2D eigenvalue weighted by molar-refractivity contribution is -0.384. The third kappa shape index (κ3) is 6.84. The second-order valence-corrected chi connectivity index (χ2v) is 13.1. The molecule has 1 aliphatic rings. The van der Waals surface area contributed by atoms with Gasteiger partial charge in [0.1, 0.15) is 11.8 Å². The van der Waals surface area contributed by atoms with Crippen molar-refractivity contribution in [3.8, 4) is 5.75 Å². The molecule has 3 heterocycles. The number of aromatic nitrogens is 3. The van der Waals surface area contributed by atoms with E-state index >= 15 is 0 Å². The van der Waals surface area contributed by atoms with Crippen molar-refractivity contribution in [1.82, 2.24) is 14.5 Å². The van der Waals surface area contributed by atoms with Crippen molar-refractivity contribution in [2.24, 2.45) is 4.99 Å². The minimum Gasteiger partial charge on any atom is -0.496 e. The van der Waals surface area contributed by atoms with E-state index in [1.807, 2.05) is 18.2 Å². The molecular weight excluding hydrogens is 690 g/mol. The number of fused-ring (bicyclic) bond motifs is 1. The van der Waals surface area contributed by atoms with Crippen molar-refractivity contribution >= 4 is 58.1 Å². The van der Waals surface area contributed by atoms with Gasteiger partial charge in [-0.3, -0.25) is 24.3 Å². The van der Waals surface area contributed by atoms with Gasteiger partial charge in [0.25, 0.3) is 16.8 Å². The van der Waals surface area contributed by atoms with Crippen LogP contribution in [0, 0.1) is 17.0 Å². The van der Waals surface area contributed by atoms with Crippen molar-refractivity contribution in [3.05, 3.63) is 146 Å². The van der Waals surface area contributed by atoms with Gasteiger partial charge in [0, 0.05) is 44.9 Å². The molecule has 1 aliphatic heterocycles. The molecule has 12 nitrogen and oxygen atoms in total. The third-order valence-corrected chi connectivity index (χ3v) is 9.60. The topological polar surface area (TPSA) is 159 Å². The maximum atomic E-state index is 14.5. The predicted octanol–water partition coefficient (Wildman–Crippen LogP) is 5.05. The number of methoxy groups -OCH3 is 1. The summed E-state index contributed by atoms with van der Waals surface area (Å²) in [7, 11) is 1.47. The van der Waals surface area contributed by atoms with Gasteiger partial charge in [0.05, 0.1) is 34.4 Å². The van der Waals surface area contributed by atoms with E-state index in [-0.39, 0.29) is 37.9 Å². The number of rotatable bonds is 9. The summed E-state index contributed by atoms with van der Waals surface area (Å²) in [4.78, 5) is 64.2. The van der Waals surface area contributed by atoms with Gasteiger partial charge in [0.15, 0.2) is 9.96 Å². The minimum absolute atomic E-state index is 0.0719. The Balaban J connectivity index is 1.64. The summed E-state index contributed by atoms with van der Waals surface area (Å²) in [5, 5.41) is 12.4. The van der Waals surface area contributed by atoms with Gasteiger partial charge in [-0.1, -0.05) is 65.0 Å². The number of ether oxygens (including phenoxy) is 2. The molecule has 0 aliphatic carbocycles. The summed E-state index contributed by atoms with van der Waals surface area (Å²) >= 11 is 8.60. The number of nitrogens with zero attached hydrogens (tertiary/aromatic N) is 4. The second kappa shape index (κ2) is 14.0. The number of nitro groups is 1. The molecule has 0 amide bonds. The molecule has 0 saturated carbocycles. The number of aryl methyl sites for hydroxylation is 1. The Morgan fingerprint density at radius 1 is 1.14 bits per heavy atom. The Hall–Kier alpha value is -5.31. The summed E-state index contributed by atoms with van der Waals surface area (Å²) in [5.41, 5.74) is 1.20. The molecule has 2 aromatic heterocycles. The van der Waals surface area contributed by atoms with Gasteiger partial charge in [-0.2, -0.15) is 0 Å². The van der Waals surface area contributed by atoms with Crippen molar-refractivity contribution in [1.29, 1.82) is 0 Å². The fourth-order valence-electron chi connectivity index (χ4n) is 5.35. The van der Waals surface area contributed by atoms with E-state index < -0.39 is 22.5 Å². The molecule has 248 valence electrons. The number of halogens is 1. The van der Waals surface area contributed by atoms with Gasteiger partial charge in [-0.25, -0.2) is 14.8 Å². The fourth-order valence-corrected chi connectivity index (χ4v) is 7.45. The van der Waals surface area contributed by atoms with Crippen LogP contribution in [0.5, 0.6) is 5.75 Å². The predicted molar refractivity (Wildman–Crippen MR) is 186 cm³/mol. The minimum atomic E-state index is -1.07. The molecule has 0 radical (unpaired) electrons. The van der Waals surface area contributed by atoms with Crippen LogP contribution < -0.4 is 25.2 Å². The average molecular weight is 716 g/mol. The van der Waals surface area contributed by atoms with Crippen LogP contribution in [0.2, 0.25) is 5.02 Å². The molecule has 0 spiro atoms. The largest absolute Gasteiger partial charge is 0.496 e. The number of aromatic amines is 1. The van der Waals surface area contributed by atoms with Crippen molar-refractivity contribution in [2.45, 2.75) is 29.9 Å². The van der Waals surface area contributed by atoms with Gasteiger partial charge in [-0.05, 0) is 49.8 Å². The Morgan fingerprint density at radius 2 is 1.92 bits per heavy atom. The van der Waals surface area contributed by atoms with Crippen molar-refractivity contribution < 1.29 is 19.2 Å². The van der Waals surface area contributed by atoms with E-state index in [0.29, 0.717) is 43.7 Å². The smallest absolute Gasteiger partial charge is 0.338 e. The highest BCUT2D eigenvalue weighted by molar-refractivity contribution is 7.99. The number of benzene rings is 3. The summed E-state index contributed by atoms with van der Waals surface area (Å²) in [6.45, 7) is 3.43. The van der Waals surface area contributed by atoms with Crippen molar-refractivity contribution in [3.63, 3.8) is 0 Å². The standard InChI is InChI=1S/C34H26ClN5O7S2/c1-4-47-32(43)28-29(19-8-6-5-7-9-19)38-34-39(30(28)23-17-21(35)10-12-24(23)46-3)31(42)26(49-34)16-20-15-22(40(44)45)11-13-25(20)48-33-36-18(2)14-27(41)37-33/h5-17,30H,4H2,1-3H3,(H,36,37,41)/b26-16-/t30-/m0/s1. The third-order valence-electron chi connectivity index (χ3n) is 7.41. The first-order valence-corrected chi connectivity index (χ1v) is 16.7. The van der Waals surface area contributed by atoms with Crippen molar-refractivity contribution in [2.75, 3.05) is 13.7 Å². The number of nitro benzene ring substituents is 1. The van der Waals surface area contributed by atoms with Crippen LogP contribution in [-0.4, -0.2) is 39.1 Å². The van der Waals surface area contributed by atoms with Crippen LogP contribution in [0.1, 0.15) is 35.3 Å². The molecule has 0 saturated heterocycles. The normalized spacial score (nSPS) is 14.3. The van der Waals surface area contributed by atoms with Gasteiger partial charge < -0.3 is 14.5 Å². The van der Waals surface area contributed by atoms with E-state index in [0.717, 1.165) is 23.1 Å². The first-order chi connectivity index (χ1) is 23.6. The van der Waals surface area contributed by atoms with Gasteiger partial charge in [0.2, 0.25) is 0 Å². The molecular formula is C34H26ClN5O7S2. The van der Waals surface area contributed by atoms with E-state index in [4.69, 9.17) is 26.1 Å². The fraction of sp³-hybridized carbons (Fsp3) is 0.147. The Morgan fingerprint density at radius 3 is 2.61 bits per heavy atom. The van der Waals surface area contributed by atoms with E-state index in [1.54, 1.807) is 44.2 Å². The van der Waals surface area contributed by atoms with E-state index in [9.17, 15) is 24.5 Å². The number of esters is 1. The lowest BCUT2D eigenvalue weighted by Crippen LogP contribution is -2.40. The maximum Gasteiger partial charge on any atom is 0.338 e. The molecule has 0 unspecified atom stereocenters. The van der Waals surface area contributed by atoms with E-state index in [1.165, 1.54) is 42.0 Å². The molecule has 5 aromatic rings. The highest BCUT2D eigenvalue weighted by atomic mass is 35.5. The van der Waals surface area contributed by atoms with Gasteiger partial charge in [-0.15, -0.1) is 0 Å². The SMILES string of the molecule is CCOC(=O)C1=C(c2ccccc2)N=c2s/c(=C\c3cc([N+](=O)[O-])ccc3Sc3nc(C)cc(=O)[nH]3)c(=O)n2[C@H]1c1cc(Cl)ccc1OC.